The summed E-state index contributed by atoms with van der Waals surface area (Å²) >= 11 is 0. The minimum atomic E-state index is -0.507. The molecule has 1 aliphatic rings. The molecule has 4 nitrogen and oxygen atoms in total. The maximum absolute atomic E-state index is 10.3. The quantitative estimate of drug-likeness (QED) is 0.414. The van der Waals surface area contributed by atoms with Crippen LogP contribution in [0.3, 0.4) is 0 Å². The van der Waals surface area contributed by atoms with E-state index in [4.69, 9.17) is 0 Å². The topological polar surface area (TPSA) is 46.4 Å². The van der Waals surface area contributed by atoms with Gasteiger partial charge in [-0.05, 0) is 37.3 Å². The molecule has 16 heavy (non-hydrogen) atoms. The van der Waals surface area contributed by atoms with Gasteiger partial charge in [0.05, 0.1) is 4.92 Å². The van der Waals surface area contributed by atoms with Gasteiger partial charge in [-0.1, -0.05) is 12.7 Å². The van der Waals surface area contributed by atoms with Gasteiger partial charge in [-0.2, -0.15) is 0 Å². The number of rotatable bonds is 4. The van der Waals surface area contributed by atoms with Crippen LogP contribution in [0.25, 0.3) is 0 Å². The van der Waals surface area contributed by atoms with Gasteiger partial charge in [0.2, 0.25) is 0 Å². The molecule has 1 rings (SSSR count). The van der Waals surface area contributed by atoms with Crippen molar-refractivity contribution >= 4 is 0 Å². The van der Waals surface area contributed by atoms with Gasteiger partial charge in [-0.25, -0.2) is 0 Å². The average Bonchev–Trinajstić information content (AvgIpc) is 2.26. The molecule has 86 valence electrons. The van der Waals surface area contributed by atoms with Gasteiger partial charge in [0.25, 0.3) is 5.70 Å². The van der Waals surface area contributed by atoms with E-state index in [-0.39, 0.29) is 5.70 Å². The second-order valence-corrected chi connectivity index (χ2v) is 3.85. The molecule has 0 atom stereocenters. The highest BCUT2D eigenvalue weighted by atomic mass is 16.6. The lowest BCUT2D eigenvalue weighted by molar-refractivity contribution is -0.418. The first kappa shape index (κ1) is 12.4. The van der Waals surface area contributed by atoms with E-state index >= 15 is 0 Å². The van der Waals surface area contributed by atoms with E-state index < -0.39 is 4.92 Å². The number of allylic oxidation sites excluding steroid dienone is 3. The maximum atomic E-state index is 10.3. The molecule has 1 heterocycles. The molecule has 0 aliphatic carbocycles. The summed E-state index contributed by atoms with van der Waals surface area (Å²) in [6.07, 6.45) is 6.08. The number of nitrogens with zero attached hydrogens (tertiary/aromatic N) is 2. The highest BCUT2D eigenvalue weighted by molar-refractivity contribution is 5.39. The third-order valence-electron chi connectivity index (χ3n) is 2.54. The minimum Gasteiger partial charge on any atom is -0.302 e. The summed E-state index contributed by atoms with van der Waals surface area (Å²) in [6.45, 7) is 9.12. The van der Waals surface area contributed by atoms with Crippen LogP contribution in [-0.2, 0) is 0 Å². The molecule has 0 aromatic rings. The molecule has 0 spiro atoms. The van der Waals surface area contributed by atoms with E-state index in [0.717, 1.165) is 30.7 Å². The van der Waals surface area contributed by atoms with Crippen molar-refractivity contribution in [2.24, 2.45) is 0 Å². The Morgan fingerprint density at radius 2 is 2.25 bits per heavy atom. The Hall–Kier alpha value is -1.68. The van der Waals surface area contributed by atoms with Gasteiger partial charge in [0.15, 0.2) is 0 Å². The van der Waals surface area contributed by atoms with Gasteiger partial charge in [0.1, 0.15) is 0 Å². The molecule has 1 aliphatic heterocycles. The predicted molar refractivity (Wildman–Crippen MR) is 64.6 cm³/mol. The van der Waals surface area contributed by atoms with Crippen LogP contribution < -0.4 is 0 Å². The van der Waals surface area contributed by atoms with Gasteiger partial charge in [0, 0.05) is 19.2 Å². The van der Waals surface area contributed by atoms with Crippen LogP contribution in [-0.4, -0.2) is 30.0 Å². The highest BCUT2D eigenvalue weighted by Crippen LogP contribution is 2.18. The smallest absolute Gasteiger partial charge is 0.262 e. The van der Waals surface area contributed by atoms with Crippen LogP contribution in [0.2, 0.25) is 0 Å². The summed E-state index contributed by atoms with van der Waals surface area (Å²) in [4.78, 5) is 12.0. The van der Waals surface area contributed by atoms with E-state index in [1.807, 2.05) is 0 Å². The zero-order chi connectivity index (χ0) is 12.1. The van der Waals surface area contributed by atoms with Crippen molar-refractivity contribution in [1.82, 2.24) is 4.90 Å². The van der Waals surface area contributed by atoms with Crippen LogP contribution in [0.4, 0.5) is 0 Å². The Kier molecular flexibility index (Phi) is 4.19. The fourth-order valence-corrected chi connectivity index (χ4v) is 1.43. The summed E-state index contributed by atoms with van der Waals surface area (Å²) < 4.78 is 0. The molecule has 0 bridgehead atoms. The first-order valence-electron chi connectivity index (χ1n) is 5.09. The summed E-state index contributed by atoms with van der Waals surface area (Å²) in [5, 5.41) is 10.3. The predicted octanol–water partition coefficient (Wildman–Crippen LogP) is 2.15. The van der Waals surface area contributed by atoms with Crippen molar-refractivity contribution in [2.75, 3.05) is 20.1 Å². The van der Waals surface area contributed by atoms with E-state index in [9.17, 15) is 10.1 Å². The normalized spacial score (nSPS) is 17.2. The minimum absolute atomic E-state index is 0.116. The standard InChI is InChI=1S/C12H16N2O2/c1-10(4-5-11(2)14(15)16)12-6-8-13(3)9-7-12/h4-6H,1-2,7-9H2,3H3/b5-4-. The summed E-state index contributed by atoms with van der Waals surface area (Å²) in [5.41, 5.74) is 1.87. The monoisotopic (exact) mass is 220 g/mol. The van der Waals surface area contributed by atoms with Crippen molar-refractivity contribution in [2.45, 2.75) is 6.42 Å². The Morgan fingerprint density at radius 3 is 2.75 bits per heavy atom. The Labute approximate surface area is 95.4 Å². The third-order valence-corrected chi connectivity index (χ3v) is 2.54. The van der Waals surface area contributed by atoms with Gasteiger partial charge < -0.3 is 4.90 Å². The first-order chi connectivity index (χ1) is 7.50. The SMILES string of the molecule is C=C(/C=C\C(=C)[N+](=O)[O-])C1=CCN(C)CC1. The van der Waals surface area contributed by atoms with Crippen LogP contribution in [0.1, 0.15) is 6.42 Å². The third kappa shape index (κ3) is 3.47. The van der Waals surface area contributed by atoms with Crippen LogP contribution in [0.5, 0.6) is 0 Å². The Bertz CT molecular complexity index is 380. The summed E-state index contributed by atoms with van der Waals surface area (Å²) in [6, 6.07) is 0. The van der Waals surface area contributed by atoms with Crippen molar-refractivity contribution in [3.63, 3.8) is 0 Å². The number of hydrogen-bond donors (Lipinski definition) is 0. The summed E-state index contributed by atoms with van der Waals surface area (Å²) in [5.74, 6) is 0. The van der Waals surface area contributed by atoms with Crippen LogP contribution in [0.15, 0.2) is 48.2 Å². The average molecular weight is 220 g/mol. The van der Waals surface area contributed by atoms with Gasteiger partial charge >= 0.3 is 0 Å². The summed E-state index contributed by atoms with van der Waals surface area (Å²) in [7, 11) is 2.06. The largest absolute Gasteiger partial charge is 0.302 e. The lowest BCUT2D eigenvalue weighted by Crippen LogP contribution is -2.24. The molecule has 0 amide bonds. The molecular weight excluding hydrogens is 204 g/mol. The second-order valence-electron chi connectivity index (χ2n) is 3.85. The molecule has 0 saturated heterocycles. The van der Waals surface area contributed by atoms with Crippen molar-refractivity contribution < 1.29 is 4.92 Å². The van der Waals surface area contributed by atoms with Crippen molar-refractivity contribution in [3.8, 4) is 0 Å². The molecule has 0 aromatic carbocycles. The fraction of sp³-hybridized carbons (Fsp3) is 0.333. The number of hydrogen-bond acceptors (Lipinski definition) is 3. The fourth-order valence-electron chi connectivity index (χ4n) is 1.43. The molecule has 4 heteroatoms. The van der Waals surface area contributed by atoms with Crippen molar-refractivity contribution in [3.05, 3.63) is 58.3 Å². The van der Waals surface area contributed by atoms with Gasteiger partial charge in [-0.15, -0.1) is 0 Å². The number of likely N-dealkylation sites (N-methyl/N-ethyl adjacent to an activating group) is 1. The number of nitro groups is 1. The lowest BCUT2D eigenvalue weighted by atomic mass is 10.0. The van der Waals surface area contributed by atoms with E-state index in [1.165, 1.54) is 6.08 Å². The Morgan fingerprint density at radius 1 is 1.56 bits per heavy atom. The molecule has 0 unspecified atom stereocenters. The zero-order valence-corrected chi connectivity index (χ0v) is 9.48. The zero-order valence-electron chi connectivity index (χ0n) is 9.48. The molecule has 0 saturated carbocycles. The van der Waals surface area contributed by atoms with E-state index in [1.54, 1.807) is 6.08 Å². The van der Waals surface area contributed by atoms with Crippen LogP contribution in [0, 0.1) is 10.1 Å². The van der Waals surface area contributed by atoms with Gasteiger partial charge in [-0.3, -0.25) is 10.1 Å². The highest BCUT2D eigenvalue weighted by Gasteiger charge is 2.09. The molecule has 0 fully saturated rings. The molecular formula is C12H16N2O2. The maximum Gasteiger partial charge on any atom is 0.262 e. The second kappa shape index (κ2) is 5.42. The van der Waals surface area contributed by atoms with Crippen molar-refractivity contribution in [1.29, 1.82) is 0 Å². The molecule has 0 N–H and O–H groups in total. The lowest BCUT2D eigenvalue weighted by Gasteiger charge is -2.22. The Balaban J connectivity index is 2.59. The molecule has 0 radical (unpaired) electrons. The van der Waals surface area contributed by atoms with E-state index in [0.29, 0.717) is 0 Å². The molecule has 0 aromatic heterocycles. The first-order valence-corrected chi connectivity index (χ1v) is 5.09. The van der Waals surface area contributed by atoms with E-state index in [2.05, 4.69) is 31.2 Å². The van der Waals surface area contributed by atoms with Crippen LogP contribution >= 0.6 is 0 Å².